The number of hydrogen-bond donors (Lipinski definition) is 1. The Labute approximate surface area is 200 Å². The molecule has 0 radical (unpaired) electrons. The number of carbonyl (C=O) groups is 1. The van der Waals surface area contributed by atoms with Crippen molar-refractivity contribution >= 4 is 21.6 Å². The Morgan fingerprint density at radius 1 is 1.03 bits per heavy atom. The van der Waals surface area contributed by atoms with Gasteiger partial charge in [0.05, 0.1) is 18.0 Å². The number of aryl methyl sites for hydroxylation is 1. The number of rotatable bonds is 6. The second kappa shape index (κ2) is 10.3. The maximum absolute atomic E-state index is 13.7. The molecule has 8 heteroatoms. The van der Waals surface area contributed by atoms with Gasteiger partial charge in [-0.25, -0.2) is 8.42 Å². The van der Waals surface area contributed by atoms with Gasteiger partial charge in [-0.05, 0) is 79.4 Å². The summed E-state index contributed by atoms with van der Waals surface area (Å²) < 4.78 is 33.9. The summed E-state index contributed by atoms with van der Waals surface area (Å²) in [5.74, 6) is 0.482. The van der Waals surface area contributed by atoms with Crippen LogP contribution in [0.3, 0.4) is 0 Å². The molecule has 2 heterocycles. The molecule has 7 nitrogen and oxygen atoms in total. The molecule has 0 aliphatic carbocycles. The number of nitrogens with one attached hydrogen (secondary N) is 1. The molecule has 1 saturated heterocycles. The summed E-state index contributed by atoms with van der Waals surface area (Å²) >= 11 is 0. The van der Waals surface area contributed by atoms with E-state index in [-0.39, 0.29) is 16.8 Å². The smallest absolute Gasteiger partial charge is 0.261 e. The number of anilines is 1. The number of methoxy groups -OCH3 is 1. The van der Waals surface area contributed by atoms with E-state index in [1.807, 2.05) is 24.0 Å². The number of amides is 1. The fourth-order valence-corrected chi connectivity index (χ4v) is 5.39. The molecule has 1 aromatic heterocycles. The van der Waals surface area contributed by atoms with E-state index in [0.29, 0.717) is 23.5 Å². The predicted octanol–water partition coefficient (Wildman–Crippen LogP) is 4.96. The minimum atomic E-state index is -3.88. The Kier molecular flexibility index (Phi) is 7.17. The molecule has 4 rings (SSSR count). The van der Waals surface area contributed by atoms with Crippen LogP contribution in [0.1, 0.15) is 53.2 Å². The Morgan fingerprint density at radius 2 is 1.76 bits per heavy atom. The Morgan fingerprint density at radius 3 is 2.47 bits per heavy atom. The van der Waals surface area contributed by atoms with Gasteiger partial charge in [-0.2, -0.15) is 0 Å². The lowest BCUT2D eigenvalue weighted by Crippen LogP contribution is -2.35. The van der Waals surface area contributed by atoms with E-state index in [1.54, 1.807) is 49.8 Å². The zero-order valence-electron chi connectivity index (χ0n) is 19.4. The fraction of sp³-hybridized carbons (Fsp3) is 0.308. The number of likely N-dealkylation sites (tertiary alicyclic amines) is 1. The molecule has 178 valence electrons. The van der Waals surface area contributed by atoms with E-state index in [0.717, 1.165) is 36.8 Å². The first-order valence-corrected chi connectivity index (χ1v) is 12.9. The standard InChI is InChI=1S/C26H29N3O4S/c1-19-7-12-23(34(31,32)28-21-8-10-22(33-2)11-9-21)18-24(19)26(30)29-17-5-3-4-6-25(29)20-13-15-27-16-14-20/h7-16,18,25,28H,3-6,17H2,1-2H3. The van der Waals surface area contributed by atoms with Crippen molar-refractivity contribution in [1.82, 2.24) is 9.88 Å². The van der Waals surface area contributed by atoms with Crippen molar-refractivity contribution in [3.63, 3.8) is 0 Å². The van der Waals surface area contributed by atoms with Gasteiger partial charge < -0.3 is 9.64 Å². The Bertz CT molecular complexity index is 1240. The van der Waals surface area contributed by atoms with Crippen LogP contribution >= 0.6 is 0 Å². The number of aromatic nitrogens is 1. The van der Waals surface area contributed by atoms with Crippen LogP contribution in [-0.4, -0.2) is 37.9 Å². The highest BCUT2D eigenvalue weighted by atomic mass is 32.2. The summed E-state index contributed by atoms with van der Waals surface area (Å²) in [7, 11) is -2.33. The monoisotopic (exact) mass is 479 g/mol. The number of hydrogen-bond acceptors (Lipinski definition) is 5. The van der Waals surface area contributed by atoms with E-state index < -0.39 is 10.0 Å². The number of benzene rings is 2. The average molecular weight is 480 g/mol. The van der Waals surface area contributed by atoms with Crippen molar-refractivity contribution in [2.75, 3.05) is 18.4 Å². The van der Waals surface area contributed by atoms with Crippen LogP contribution in [0.4, 0.5) is 5.69 Å². The van der Waals surface area contributed by atoms with E-state index in [9.17, 15) is 13.2 Å². The summed E-state index contributed by atoms with van der Waals surface area (Å²) in [6.07, 6.45) is 7.37. The first kappa shape index (κ1) is 23.8. The van der Waals surface area contributed by atoms with Crippen molar-refractivity contribution < 1.29 is 17.9 Å². The summed E-state index contributed by atoms with van der Waals surface area (Å²) in [6.45, 7) is 2.46. The van der Waals surface area contributed by atoms with Crippen LogP contribution in [0.5, 0.6) is 5.75 Å². The summed E-state index contributed by atoms with van der Waals surface area (Å²) in [5.41, 5.74) is 2.61. The fourth-order valence-electron chi connectivity index (χ4n) is 4.31. The third kappa shape index (κ3) is 5.22. The second-order valence-electron chi connectivity index (χ2n) is 8.45. The molecule has 0 saturated carbocycles. The van der Waals surface area contributed by atoms with Gasteiger partial charge in [0, 0.05) is 30.2 Å². The van der Waals surface area contributed by atoms with Gasteiger partial charge in [0.1, 0.15) is 5.75 Å². The van der Waals surface area contributed by atoms with Gasteiger partial charge in [-0.3, -0.25) is 14.5 Å². The number of nitrogens with zero attached hydrogens (tertiary/aromatic N) is 2. The van der Waals surface area contributed by atoms with E-state index in [1.165, 1.54) is 12.1 Å². The maximum atomic E-state index is 13.7. The van der Waals surface area contributed by atoms with Crippen molar-refractivity contribution in [2.45, 2.75) is 43.5 Å². The number of ether oxygens (including phenoxy) is 1. The highest BCUT2D eigenvalue weighted by Crippen LogP contribution is 2.32. The number of pyridine rings is 1. The molecule has 0 bridgehead atoms. The van der Waals surface area contributed by atoms with Gasteiger partial charge in [0.25, 0.3) is 15.9 Å². The van der Waals surface area contributed by atoms with E-state index >= 15 is 0 Å². The third-order valence-corrected chi connectivity index (χ3v) is 7.58. The number of sulfonamides is 1. The first-order valence-electron chi connectivity index (χ1n) is 11.4. The lowest BCUT2D eigenvalue weighted by Gasteiger charge is -2.31. The number of carbonyl (C=O) groups excluding carboxylic acids is 1. The molecule has 1 N–H and O–H groups in total. The topological polar surface area (TPSA) is 88.6 Å². The first-order chi connectivity index (χ1) is 16.4. The third-order valence-electron chi connectivity index (χ3n) is 6.20. The van der Waals surface area contributed by atoms with Gasteiger partial charge in [-0.15, -0.1) is 0 Å². The zero-order chi connectivity index (χ0) is 24.1. The zero-order valence-corrected chi connectivity index (χ0v) is 20.2. The van der Waals surface area contributed by atoms with Gasteiger partial charge >= 0.3 is 0 Å². The Balaban J connectivity index is 1.64. The van der Waals surface area contributed by atoms with Crippen LogP contribution in [-0.2, 0) is 10.0 Å². The molecule has 1 amide bonds. The molecule has 1 aliphatic heterocycles. The lowest BCUT2D eigenvalue weighted by molar-refractivity contribution is 0.0680. The van der Waals surface area contributed by atoms with Gasteiger partial charge in [0.15, 0.2) is 0 Å². The molecule has 34 heavy (non-hydrogen) atoms. The molecule has 1 fully saturated rings. The SMILES string of the molecule is COc1ccc(NS(=O)(=O)c2ccc(C)c(C(=O)N3CCCCCC3c3ccncc3)c2)cc1. The quantitative estimate of drug-likeness (QED) is 0.540. The molecule has 1 atom stereocenters. The van der Waals surface area contributed by atoms with Crippen LogP contribution in [0.2, 0.25) is 0 Å². The largest absolute Gasteiger partial charge is 0.497 e. The minimum absolute atomic E-state index is 0.0487. The molecule has 3 aromatic rings. The maximum Gasteiger partial charge on any atom is 0.261 e. The predicted molar refractivity (Wildman–Crippen MR) is 131 cm³/mol. The average Bonchev–Trinajstić information content (AvgIpc) is 3.11. The summed E-state index contributed by atoms with van der Waals surface area (Å²) in [5, 5.41) is 0. The highest BCUT2D eigenvalue weighted by Gasteiger charge is 2.29. The van der Waals surface area contributed by atoms with Crippen molar-refractivity contribution in [1.29, 1.82) is 0 Å². The second-order valence-corrected chi connectivity index (χ2v) is 10.1. The molecule has 1 aliphatic rings. The lowest BCUT2D eigenvalue weighted by atomic mass is 10.00. The van der Waals surface area contributed by atoms with Crippen LogP contribution < -0.4 is 9.46 Å². The molecular formula is C26H29N3O4S. The van der Waals surface area contributed by atoms with E-state index in [2.05, 4.69) is 9.71 Å². The van der Waals surface area contributed by atoms with Crippen LogP contribution in [0.25, 0.3) is 0 Å². The molecule has 0 spiro atoms. The molecule has 2 aromatic carbocycles. The van der Waals surface area contributed by atoms with Crippen molar-refractivity contribution in [3.8, 4) is 5.75 Å². The van der Waals surface area contributed by atoms with Crippen molar-refractivity contribution in [2.24, 2.45) is 0 Å². The van der Waals surface area contributed by atoms with Gasteiger partial charge in [-0.1, -0.05) is 18.9 Å². The molecule has 1 unspecified atom stereocenters. The van der Waals surface area contributed by atoms with Crippen molar-refractivity contribution in [3.05, 3.63) is 83.7 Å². The Hall–Kier alpha value is -3.39. The van der Waals surface area contributed by atoms with Gasteiger partial charge in [0.2, 0.25) is 0 Å². The summed E-state index contributed by atoms with van der Waals surface area (Å²) in [4.78, 5) is 19.8. The highest BCUT2D eigenvalue weighted by molar-refractivity contribution is 7.92. The van der Waals surface area contributed by atoms with Crippen LogP contribution in [0, 0.1) is 6.92 Å². The summed E-state index contributed by atoms with van der Waals surface area (Å²) in [6, 6.07) is 15.2. The molecular weight excluding hydrogens is 450 g/mol. The minimum Gasteiger partial charge on any atom is -0.497 e. The van der Waals surface area contributed by atoms with E-state index in [4.69, 9.17) is 4.74 Å². The van der Waals surface area contributed by atoms with Crippen LogP contribution in [0.15, 0.2) is 71.9 Å². The normalized spacial score (nSPS) is 16.5.